The van der Waals surface area contributed by atoms with Crippen molar-refractivity contribution in [3.05, 3.63) is 78.4 Å². The summed E-state index contributed by atoms with van der Waals surface area (Å²) in [5, 5.41) is 13.3. The van der Waals surface area contributed by atoms with E-state index in [9.17, 15) is 13.2 Å². The third-order valence-corrected chi connectivity index (χ3v) is 6.17. The summed E-state index contributed by atoms with van der Waals surface area (Å²) in [7, 11) is -3.37. The van der Waals surface area contributed by atoms with Crippen molar-refractivity contribution in [2.75, 3.05) is 23.7 Å². The highest BCUT2D eigenvalue weighted by Crippen LogP contribution is 2.28. The summed E-state index contributed by atoms with van der Waals surface area (Å²) in [6.07, 6.45) is 1.88. The van der Waals surface area contributed by atoms with Crippen molar-refractivity contribution in [3.8, 4) is 11.1 Å². The average Bonchev–Trinajstić information content (AvgIpc) is 2.86. The van der Waals surface area contributed by atoms with Crippen molar-refractivity contribution in [1.82, 2.24) is 10.4 Å². The number of hydrazine groups is 2. The first-order valence-corrected chi connectivity index (χ1v) is 12.7. The molecule has 0 fully saturated rings. The van der Waals surface area contributed by atoms with Gasteiger partial charge in [-0.05, 0) is 42.3 Å². The lowest BCUT2D eigenvalue weighted by molar-refractivity contribution is 0.210. The molecule has 184 valence electrons. The highest BCUT2D eigenvalue weighted by atomic mass is 32.2. The minimum atomic E-state index is -3.37. The van der Waals surface area contributed by atoms with Crippen LogP contribution < -0.4 is 22.0 Å². The van der Waals surface area contributed by atoms with Crippen LogP contribution >= 0.6 is 0 Å². The molecule has 11 heteroatoms. The fourth-order valence-corrected chi connectivity index (χ4v) is 4.26. The zero-order valence-corrected chi connectivity index (χ0v) is 20.2. The molecule has 0 aromatic heterocycles. The summed E-state index contributed by atoms with van der Waals surface area (Å²) in [5.74, 6) is -0.0376. The number of nitrogens with two attached hydrogens (primary N) is 1. The Labute approximate surface area is 204 Å². The van der Waals surface area contributed by atoms with E-state index in [-0.39, 0.29) is 10.7 Å². The fourth-order valence-electron chi connectivity index (χ4n) is 3.35. The van der Waals surface area contributed by atoms with Gasteiger partial charge in [-0.3, -0.25) is 10.9 Å². The minimum Gasteiger partial charge on any atom is -0.409 e. The SMILES string of the molecule is CCCN(Nc1cccc(C(N)=NO)c1)C(=O)NNc1ccc(-c2ccccc2S(C)(=O)=O)cc1. The quantitative estimate of drug-likeness (QED) is 0.131. The fraction of sp³-hybridized carbons (Fsp3) is 0.167. The molecule has 0 aliphatic heterocycles. The Bertz CT molecular complexity index is 1310. The molecule has 3 aromatic carbocycles. The van der Waals surface area contributed by atoms with Crippen LogP contribution in [0.5, 0.6) is 0 Å². The molecule has 3 rings (SSSR count). The predicted molar refractivity (Wildman–Crippen MR) is 137 cm³/mol. The van der Waals surface area contributed by atoms with E-state index < -0.39 is 15.9 Å². The van der Waals surface area contributed by atoms with Crippen molar-refractivity contribution in [1.29, 1.82) is 0 Å². The first-order valence-electron chi connectivity index (χ1n) is 10.8. The molecule has 3 aromatic rings. The number of carbonyl (C=O) groups is 1. The average molecular weight is 497 g/mol. The number of anilines is 2. The number of carbonyl (C=O) groups excluding carboxylic acids is 1. The second-order valence-corrected chi connectivity index (χ2v) is 9.71. The highest BCUT2D eigenvalue weighted by molar-refractivity contribution is 7.90. The van der Waals surface area contributed by atoms with E-state index in [1.165, 1.54) is 11.3 Å². The van der Waals surface area contributed by atoms with E-state index in [0.29, 0.717) is 35.5 Å². The van der Waals surface area contributed by atoms with E-state index >= 15 is 0 Å². The zero-order chi connectivity index (χ0) is 25.4. The largest absolute Gasteiger partial charge is 0.409 e. The van der Waals surface area contributed by atoms with Crippen molar-refractivity contribution in [2.45, 2.75) is 18.2 Å². The lowest BCUT2D eigenvalue weighted by Gasteiger charge is -2.25. The lowest BCUT2D eigenvalue weighted by Crippen LogP contribution is -2.46. The first-order chi connectivity index (χ1) is 16.7. The number of sulfone groups is 1. The summed E-state index contributed by atoms with van der Waals surface area (Å²) < 4.78 is 24.2. The monoisotopic (exact) mass is 496 g/mol. The van der Waals surface area contributed by atoms with Gasteiger partial charge in [0.15, 0.2) is 15.7 Å². The summed E-state index contributed by atoms with van der Waals surface area (Å²) in [5.41, 5.74) is 17.2. The lowest BCUT2D eigenvalue weighted by atomic mass is 10.1. The van der Waals surface area contributed by atoms with E-state index in [0.717, 1.165) is 5.56 Å². The smallest absolute Gasteiger partial charge is 0.354 e. The molecule has 0 atom stereocenters. The molecular formula is C24H28N6O4S. The molecule has 0 aliphatic carbocycles. The number of hydrogen-bond donors (Lipinski definition) is 5. The van der Waals surface area contributed by atoms with Crippen LogP contribution in [0.2, 0.25) is 0 Å². The molecule has 0 saturated heterocycles. The van der Waals surface area contributed by atoms with Gasteiger partial charge in [-0.2, -0.15) is 0 Å². The van der Waals surface area contributed by atoms with Gasteiger partial charge in [-0.25, -0.2) is 23.6 Å². The van der Waals surface area contributed by atoms with Crippen molar-refractivity contribution in [3.63, 3.8) is 0 Å². The zero-order valence-electron chi connectivity index (χ0n) is 19.4. The summed E-state index contributed by atoms with van der Waals surface area (Å²) >= 11 is 0. The van der Waals surface area contributed by atoms with Gasteiger partial charge in [0.05, 0.1) is 16.3 Å². The topological polar surface area (TPSA) is 149 Å². The minimum absolute atomic E-state index is 0.0376. The molecule has 2 amide bonds. The number of nitrogens with zero attached hydrogens (tertiary/aromatic N) is 2. The predicted octanol–water partition coefficient (Wildman–Crippen LogP) is 3.63. The van der Waals surface area contributed by atoms with Crippen LogP contribution in [-0.2, 0) is 9.84 Å². The van der Waals surface area contributed by atoms with Crippen LogP contribution in [0.15, 0.2) is 82.8 Å². The number of hydrogen-bond acceptors (Lipinski definition) is 7. The number of rotatable bonds is 9. The Morgan fingerprint density at radius 1 is 1.03 bits per heavy atom. The Hall–Kier alpha value is -4.25. The second kappa shape index (κ2) is 11.3. The van der Waals surface area contributed by atoms with Crippen molar-refractivity contribution in [2.24, 2.45) is 10.9 Å². The van der Waals surface area contributed by atoms with Crippen LogP contribution in [0.4, 0.5) is 16.2 Å². The number of nitrogens with one attached hydrogen (secondary N) is 3. The Morgan fingerprint density at radius 2 is 1.74 bits per heavy atom. The standard InChI is InChI=1S/C24H28N6O4S/c1-3-15-30(28-20-8-6-7-18(16-20)23(25)29-32)24(31)27-26-19-13-11-17(12-14-19)21-9-4-5-10-22(21)35(2,33)34/h4-14,16,26,28,32H,3,15H2,1-2H3,(H2,25,29)(H,27,31). The van der Waals surface area contributed by atoms with Gasteiger partial charge < -0.3 is 10.9 Å². The Balaban J connectivity index is 1.68. The molecule has 0 unspecified atom stereocenters. The molecule has 35 heavy (non-hydrogen) atoms. The van der Waals surface area contributed by atoms with Gasteiger partial charge in [-0.15, -0.1) is 0 Å². The van der Waals surface area contributed by atoms with Gasteiger partial charge in [0.1, 0.15) is 0 Å². The molecule has 0 aliphatic rings. The van der Waals surface area contributed by atoms with Crippen LogP contribution in [0.3, 0.4) is 0 Å². The van der Waals surface area contributed by atoms with Gasteiger partial charge in [0, 0.05) is 23.9 Å². The second-order valence-electron chi connectivity index (χ2n) is 7.73. The maximum absolute atomic E-state index is 12.8. The number of amides is 2. The van der Waals surface area contributed by atoms with Gasteiger partial charge in [0.2, 0.25) is 0 Å². The molecule has 10 nitrogen and oxygen atoms in total. The first kappa shape index (κ1) is 25.4. The van der Waals surface area contributed by atoms with Gasteiger partial charge in [0.25, 0.3) is 0 Å². The Kier molecular flexibility index (Phi) is 8.16. The van der Waals surface area contributed by atoms with E-state index in [2.05, 4.69) is 21.4 Å². The summed E-state index contributed by atoms with van der Waals surface area (Å²) in [6, 6.07) is 20.2. The van der Waals surface area contributed by atoms with E-state index in [1.54, 1.807) is 72.8 Å². The molecule has 6 N–H and O–H groups in total. The van der Waals surface area contributed by atoms with Crippen LogP contribution in [0.25, 0.3) is 11.1 Å². The molecule has 0 bridgehead atoms. The van der Waals surface area contributed by atoms with Gasteiger partial charge >= 0.3 is 6.03 Å². The number of benzene rings is 3. The molecule has 0 saturated carbocycles. The van der Waals surface area contributed by atoms with Crippen LogP contribution in [0.1, 0.15) is 18.9 Å². The van der Waals surface area contributed by atoms with Crippen LogP contribution in [0, 0.1) is 0 Å². The van der Waals surface area contributed by atoms with Crippen LogP contribution in [-0.4, -0.2) is 43.3 Å². The van der Waals surface area contributed by atoms with E-state index in [1.807, 2.05) is 6.92 Å². The molecule has 0 radical (unpaired) electrons. The van der Waals surface area contributed by atoms with Crippen molar-refractivity contribution < 1.29 is 18.4 Å². The third-order valence-electron chi connectivity index (χ3n) is 5.02. The van der Waals surface area contributed by atoms with Gasteiger partial charge in [-0.1, -0.05) is 54.5 Å². The summed E-state index contributed by atoms with van der Waals surface area (Å²) in [6.45, 7) is 2.36. The maximum atomic E-state index is 12.8. The Morgan fingerprint density at radius 3 is 2.40 bits per heavy atom. The molecule has 0 spiro atoms. The number of urea groups is 1. The molecular weight excluding hydrogens is 468 g/mol. The highest BCUT2D eigenvalue weighted by Gasteiger charge is 2.15. The molecule has 0 heterocycles. The third kappa shape index (κ3) is 6.64. The summed E-state index contributed by atoms with van der Waals surface area (Å²) in [4.78, 5) is 13.0. The number of oxime groups is 1. The number of amidine groups is 1. The van der Waals surface area contributed by atoms with E-state index in [4.69, 9.17) is 10.9 Å². The maximum Gasteiger partial charge on any atom is 0.354 e. The van der Waals surface area contributed by atoms with Crippen molar-refractivity contribution >= 4 is 33.1 Å². The normalized spacial score (nSPS) is 11.5.